The van der Waals surface area contributed by atoms with Crippen LogP contribution in [0, 0.1) is 11.3 Å². The standard InChI is InChI=1S/C23H28N4O3S/c1-14(25-16-8-7-9-17(12-16)26-22(29)15(2)30-3)21(28)27-23-19(13-24)18-10-5-4-6-11-20(18)31-23/h7-9,12,14-15,25H,4-6,10-11H2,1-3H3,(H,26,29)(H,27,28). The third-order valence-electron chi connectivity index (χ3n) is 5.40. The van der Waals surface area contributed by atoms with Crippen LogP contribution in [-0.2, 0) is 27.2 Å². The second-order valence-electron chi connectivity index (χ2n) is 7.68. The van der Waals surface area contributed by atoms with Crippen molar-refractivity contribution in [1.29, 1.82) is 5.26 Å². The van der Waals surface area contributed by atoms with Gasteiger partial charge in [-0.1, -0.05) is 12.5 Å². The molecule has 0 saturated carbocycles. The number of ether oxygens (including phenoxy) is 1. The first kappa shape index (κ1) is 22.8. The summed E-state index contributed by atoms with van der Waals surface area (Å²) in [6.07, 6.45) is 4.70. The fraction of sp³-hybridized carbons (Fsp3) is 0.435. The number of hydrogen-bond acceptors (Lipinski definition) is 6. The lowest BCUT2D eigenvalue weighted by Gasteiger charge is -2.16. The van der Waals surface area contributed by atoms with E-state index in [0.717, 1.165) is 31.2 Å². The number of amides is 2. The SMILES string of the molecule is COC(C)C(=O)Nc1cccc(NC(C)C(=O)Nc2sc3c(c2C#N)CCCCC3)c1. The van der Waals surface area contributed by atoms with E-state index in [0.29, 0.717) is 21.9 Å². The number of thiophene rings is 1. The lowest BCUT2D eigenvalue weighted by atomic mass is 10.1. The van der Waals surface area contributed by atoms with Crippen LogP contribution in [0.3, 0.4) is 0 Å². The van der Waals surface area contributed by atoms with E-state index in [4.69, 9.17) is 4.74 Å². The number of aryl methyl sites for hydroxylation is 1. The van der Waals surface area contributed by atoms with Crippen molar-refractivity contribution in [2.24, 2.45) is 0 Å². The van der Waals surface area contributed by atoms with Crippen LogP contribution in [0.2, 0.25) is 0 Å². The molecule has 2 aromatic rings. The van der Waals surface area contributed by atoms with Crippen LogP contribution in [0.4, 0.5) is 16.4 Å². The molecule has 7 nitrogen and oxygen atoms in total. The van der Waals surface area contributed by atoms with Crippen LogP contribution in [0.25, 0.3) is 0 Å². The molecule has 8 heteroatoms. The van der Waals surface area contributed by atoms with E-state index in [1.165, 1.54) is 29.7 Å². The predicted molar refractivity (Wildman–Crippen MR) is 124 cm³/mol. The van der Waals surface area contributed by atoms with Crippen LogP contribution in [0.5, 0.6) is 0 Å². The zero-order valence-corrected chi connectivity index (χ0v) is 18.9. The van der Waals surface area contributed by atoms with Gasteiger partial charge in [-0.05, 0) is 63.3 Å². The summed E-state index contributed by atoms with van der Waals surface area (Å²) in [7, 11) is 1.48. The monoisotopic (exact) mass is 440 g/mol. The van der Waals surface area contributed by atoms with Crippen molar-refractivity contribution in [3.05, 3.63) is 40.3 Å². The molecule has 0 saturated heterocycles. The van der Waals surface area contributed by atoms with E-state index in [1.807, 2.05) is 6.07 Å². The van der Waals surface area contributed by atoms with Crippen LogP contribution in [0.1, 0.15) is 49.1 Å². The first-order valence-electron chi connectivity index (χ1n) is 10.5. The normalized spacial score (nSPS) is 15.0. The van der Waals surface area contributed by atoms with Crippen molar-refractivity contribution in [2.75, 3.05) is 23.1 Å². The van der Waals surface area contributed by atoms with Crippen LogP contribution in [-0.4, -0.2) is 31.1 Å². The molecule has 0 spiro atoms. The highest BCUT2D eigenvalue weighted by Gasteiger charge is 2.22. The number of methoxy groups -OCH3 is 1. The number of anilines is 3. The molecule has 0 aliphatic heterocycles. The van der Waals surface area contributed by atoms with Gasteiger partial charge in [0.1, 0.15) is 23.2 Å². The van der Waals surface area contributed by atoms with Crippen LogP contribution in [0.15, 0.2) is 24.3 Å². The highest BCUT2D eigenvalue weighted by Crippen LogP contribution is 2.37. The average Bonchev–Trinajstić information content (AvgIpc) is 2.91. The number of nitrogens with zero attached hydrogens (tertiary/aromatic N) is 1. The molecule has 1 aliphatic carbocycles. The van der Waals surface area contributed by atoms with Gasteiger partial charge in [0.15, 0.2) is 0 Å². The summed E-state index contributed by atoms with van der Waals surface area (Å²) in [5, 5.41) is 19.2. The van der Waals surface area contributed by atoms with Gasteiger partial charge in [-0.15, -0.1) is 11.3 Å². The molecule has 1 aliphatic rings. The summed E-state index contributed by atoms with van der Waals surface area (Å²) < 4.78 is 5.02. The maximum Gasteiger partial charge on any atom is 0.253 e. The molecule has 2 atom stereocenters. The third-order valence-corrected chi connectivity index (χ3v) is 6.61. The van der Waals surface area contributed by atoms with Gasteiger partial charge in [0, 0.05) is 23.4 Å². The Labute approximate surface area is 186 Å². The number of nitriles is 1. The molecular weight excluding hydrogens is 412 g/mol. The molecule has 0 fully saturated rings. The van der Waals surface area contributed by atoms with Gasteiger partial charge in [-0.2, -0.15) is 5.26 Å². The highest BCUT2D eigenvalue weighted by molar-refractivity contribution is 7.16. The molecule has 1 heterocycles. The number of benzene rings is 1. The summed E-state index contributed by atoms with van der Waals surface area (Å²) in [4.78, 5) is 26.0. The Morgan fingerprint density at radius 1 is 1.10 bits per heavy atom. The van der Waals surface area contributed by atoms with Crippen LogP contribution < -0.4 is 16.0 Å². The Kier molecular flexibility index (Phi) is 7.66. The Hall–Kier alpha value is -2.89. The van der Waals surface area contributed by atoms with Gasteiger partial charge >= 0.3 is 0 Å². The second-order valence-corrected chi connectivity index (χ2v) is 8.79. The Balaban J connectivity index is 1.66. The Morgan fingerprint density at radius 2 is 1.84 bits per heavy atom. The van der Waals surface area contributed by atoms with E-state index in [1.54, 1.807) is 32.0 Å². The van der Waals surface area contributed by atoms with Gasteiger partial charge < -0.3 is 20.7 Å². The van der Waals surface area contributed by atoms with E-state index in [9.17, 15) is 14.9 Å². The lowest BCUT2D eigenvalue weighted by molar-refractivity contribution is -0.124. The smallest absolute Gasteiger partial charge is 0.253 e. The van der Waals surface area contributed by atoms with Crippen molar-refractivity contribution < 1.29 is 14.3 Å². The Morgan fingerprint density at radius 3 is 2.58 bits per heavy atom. The quantitative estimate of drug-likeness (QED) is 0.557. The maximum absolute atomic E-state index is 12.8. The summed E-state index contributed by atoms with van der Waals surface area (Å²) in [6.45, 7) is 3.43. The minimum absolute atomic E-state index is 0.213. The summed E-state index contributed by atoms with van der Waals surface area (Å²) in [5.41, 5.74) is 3.03. The Bertz CT molecular complexity index is 995. The minimum atomic E-state index is -0.559. The molecule has 3 rings (SSSR count). The largest absolute Gasteiger partial charge is 0.374 e. The molecule has 31 heavy (non-hydrogen) atoms. The van der Waals surface area contributed by atoms with Crippen LogP contribution >= 0.6 is 11.3 Å². The van der Waals surface area contributed by atoms with Gasteiger partial charge in [0.05, 0.1) is 5.56 Å². The van der Waals surface area contributed by atoms with E-state index >= 15 is 0 Å². The maximum atomic E-state index is 12.8. The average molecular weight is 441 g/mol. The van der Waals surface area contributed by atoms with Crippen molar-refractivity contribution >= 4 is 39.5 Å². The van der Waals surface area contributed by atoms with Gasteiger partial charge in [-0.25, -0.2) is 0 Å². The molecule has 164 valence electrons. The number of carbonyl (C=O) groups excluding carboxylic acids is 2. The number of carbonyl (C=O) groups is 2. The van der Waals surface area contributed by atoms with E-state index in [2.05, 4.69) is 22.0 Å². The first-order valence-corrected chi connectivity index (χ1v) is 11.3. The zero-order valence-electron chi connectivity index (χ0n) is 18.1. The van der Waals surface area contributed by atoms with Crippen molar-refractivity contribution in [2.45, 2.75) is 58.1 Å². The molecule has 2 unspecified atom stereocenters. The third kappa shape index (κ3) is 5.63. The molecule has 3 N–H and O–H groups in total. The van der Waals surface area contributed by atoms with E-state index < -0.39 is 12.1 Å². The number of nitrogens with one attached hydrogen (secondary N) is 3. The molecule has 0 radical (unpaired) electrons. The fourth-order valence-corrected chi connectivity index (χ4v) is 4.77. The fourth-order valence-electron chi connectivity index (χ4n) is 3.52. The predicted octanol–water partition coefficient (Wildman–Crippen LogP) is 4.30. The second kappa shape index (κ2) is 10.4. The summed E-state index contributed by atoms with van der Waals surface area (Å²) >= 11 is 1.52. The minimum Gasteiger partial charge on any atom is -0.374 e. The van der Waals surface area contributed by atoms with Crippen molar-refractivity contribution in [3.63, 3.8) is 0 Å². The zero-order chi connectivity index (χ0) is 22.4. The van der Waals surface area contributed by atoms with Gasteiger partial charge in [-0.3, -0.25) is 9.59 Å². The van der Waals surface area contributed by atoms with Gasteiger partial charge in [0.25, 0.3) is 5.91 Å². The summed E-state index contributed by atoms with van der Waals surface area (Å²) in [6, 6.07) is 8.92. The number of rotatable bonds is 7. The number of hydrogen-bond donors (Lipinski definition) is 3. The summed E-state index contributed by atoms with van der Waals surface area (Å²) in [5.74, 6) is -0.456. The van der Waals surface area contributed by atoms with Gasteiger partial charge in [0.2, 0.25) is 5.91 Å². The molecule has 0 bridgehead atoms. The van der Waals surface area contributed by atoms with E-state index in [-0.39, 0.29) is 11.8 Å². The molecule has 1 aromatic heterocycles. The molecule has 1 aromatic carbocycles. The van der Waals surface area contributed by atoms with Crippen molar-refractivity contribution in [3.8, 4) is 6.07 Å². The molecule has 2 amide bonds. The first-order chi connectivity index (χ1) is 14.9. The lowest BCUT2D eigenvalue weighted by Crippen LogP contribution is -2.32. The topological polar surface area (TPSA) is 103 Å². The number of fused-ring (bicyclic) bond motifs is 1. The highest BCUT2D eigenvalue weighted by atomic mass is 32.1. The molecular formula is C23H28N4O3S. The van der Waals surface area contributed by atoms with Crippen molar-refractivity contribution in [1.82, 2.24) is 0 Å².